The molecule has 2 aliphatic rings. The molecule has 24 heavy (non-hydrogen) atoms. The normalized spacial score (nSPS) is 20.1. The summed E-state index contributed by atoms with van der Waals surface area (Å²) in [7, 11) is 0. The summed E-state index contributed by atoms with van der Waals surface area (Å²) < 4.78 is 0.843. The molecule has 0 spiro atoms. The van der Waals surface area contributed by atoms with Crippen LogP contribution < -0.4 is 10.6 Å². The Morgan fingerprint density at radius 1 is 1.08 bits per heavy atom. The second-order valence-corrected chi connectivity index (χ2v) is 8.04. The summed E-state index contributed by atoms with van der Waals surface area (Å²) in [6.07, 6.45) is 8.18. The number of aryl methyl sites for hydroxylation is 1. The van der Waals surface area contributed by atoms with Crippen molar-refractivity contribution in [1.29, 1.82) is 0 Å². The second-order valence-electron chi connectivity index (χ2n) is 7.18. The third-order valence-corrected chi connectivity index (χ3v) is 5.84. The zero-order chi connectivity index (χ0) is 17.2. The van der Waals surface area contributed by atoms with Crippen LogP contribution in [-0.4, -0.2) is 17.9 Å². The molecule has 2 N–H and O–H groups in total. The Kier molecular flexibility index (Phi) is 5.28. The average Bonchev–Trinajstić information content (AvgIpc) is 3.35. The van der Waals surface area contributed by atoms with Gasteiger partial charge in [0.05, 0.1) is 5.69 Å². The number of hydrogen-bond acceptors (Lipinski definition) is 2. The molecule has 2 aliphatic carbocycles. The predicted octanol–water partition coefficient (Wildman–Crippen LogP) is 4.32. The lowest BCUT2D eigenvalue weighted by atomic mass is 10.0. The second kappa shape index (κ2) is 7.26. The Morgan fingerprint density at radius 2 is 1.75 bits per heavy atom. The van der Waals surface area contributed by atoms with Gasteiger partial charge in [-0.1, -0.05) is 31.7 Å². The van der Waals surface area contributed by atoms with Crippen molar-refractivity contribution in [3.8, 4) is 0 Å². The highest BCUT2D eigenvalue weighted by molar-refractivity contribution is 9.10. The molecule has 1 aromatic rings. The van der Waals surface area contributed by atoms with Crippen LogP contribution in [0.2, 0.25) is 0 Å². The molecule has 0 unspecified atom stereocenters. The zero-order valence-corrected chi connectivity index (χ0v) is 15.7. The molecule has 4 nitrogen and oxygen atoms in total. The molecule has 0 aliphatic heterocycles. The van der Waals surface area contributed by atoms with Crippen LogP contribution in [-0.2, 0) is 9.59 Å². The van der Waals surface area contributed by atoms with Crippen molar-refractivity contribution in [2.24, 2.45) is 5.41 Å². The van der Waals surface area contributed by atoms with E-state index in [2.05, 4.69) is 26.6 Å². The number of hydrogen-bond donors (Lipinski definition) is 2. The summed E-state index contributed by atoms with van der Waals surface area (Å²) in [5.41, 5.74) is 0.975. The fourth-order valence-electron chi connectivity index (χ4n) is 3.39. The minimum absolute atomic E-state index is 0.0878. The maximum Gasteiger partial charge on any atom is 0.240 e. The fourth-order valence-corrected chi connectivity index (χ4v) is 3.99. The van der Waals surface area contributed by atoms with Crippen molar-refractivity contribution in [3.05, 3.63) is 28.2 Å². The molecule has 0 atom stereocenters. The van der Waals surface area contributed by atoms with Gasteiger partial charge in [0.15, 0.2) is 0 Å². The SMILES string of the molecule is Cc1ccc(NC(=O)C2(C(=O)NC3CCCCCC3)CC2)c(Br)c1. The van der Waals surface area contributed by atoms with Gasteiger partial charge >= 0.3 is 0 Å². The molecule has 0 aromatic heterocycles. The summed E-state index contributed by atoms with van der Waals surface area (Å²) in [5, 5.41) is 6.06. The Hall–Kier alpha value is -1.36. The van der Waals surface area contributed by atoms with Gasteiger partial charge in [-0.2, -0.15) is 0 Å². The van der Waals surface area contributed by atoms with Crippen molar-refractivity contribution in [1.82, 2.24) is 5.32 Å². The van der Waals surface area contributed by atoms with Crippen LogP contribution in [0.5, 0.6) is 0 Å². The maximum atomic E-state index is 12.7. The largest absolute Gasteiger partial charge is 0.352 e. The molecular formula is C19H25BrN2O2. The van der Waals surface area contributed by atoms with Crippen LogP contribution in [0, 0.1) is 12.3 Å². The first-order valence-electron chi connectivity index (χ1n) is 8.90. The molecular weight excluding hydrogens is 368 g/mol. The van der Waals surface area contributed by atoms with Gasteiger partial charge < -0.3 is 10.6 Å². The maximum absolute atomic E-state index is 12.7. The van der Waals surface area contributed by atoms with E-state index in [0.717, 1.165) is 28.6 Å². The van der Waals surface area contributed by atoms with E-state index in [1.165, 1.54) is 25.7 Å². The van der Waals surface area contributed by atoms with E-state index >= 15 is 0 Å². The fraction of sp³-hybridized carbons (Fsp3) is 0.579. The topological polar surface area (TPSA) is 58.2 Å². The van der Waals surface area contributed by atoms with Crippen LogP contribution in [0.3, 0.4) is 0 Å². The van der Waals surface area contributed by atoms with E-state index < -0.39 is 5.41 Å². The number of nitrogens with one attached hydrogen (secondary N) is 2. The molecule has 2 amide bonds. The number of anilines is 1. The first-order valence-corrected chi connectivity index (χ1v) is 9.69. The number of benzene rings is 1. The molecule has 5 heteroatoms. The van der Waals surface area contributed by atoms with Gasteiger partial charge in [0.2, 0.25) is 11.8 Å². The van der Waals surface area contributed by atoms with Crippen molar-refractivity contribution in [3.63, 3.8) is 0 Å². The number of carbonyl (C=O) groups excluding carboxylic acids is 2. The van der Waals surface area contributed by atoms with E-state index in [0.29, 0.717) is 12.8 Å². The molecule has 0 radical (unpaired) electrons. The van der Waals surface area contributed by atoms with E-state index in [1.807, 2.05) is 25.1 Å². The quantitative estimate of drug-likeness (QED) is 0.592. The summed E-state index contributed by atoms with van der Waals surface area (Å²) in [4.78, 5) is 25.4. The lowest BCUT2D eigenvalue weighted by Crippen LogP contribution is -2.44. The van der Waals surface area contributed by atoms with Gasteiger partial charge in [-0.05, 0) is 66.2 Å². The van der Waals surface area contributed by atoms with Crippen LogP contribution in [0.25, 0.3) is 0 Å². The van der Waals surface area contributed by atoms with Gasteiger partial charge in [0.1, 0.15) is 5.41 Å². The predicted molar refractivity (Wildman–Crippen MR) is 98.8 cm³/mol. The Labute approximate surface area is 151 Å². The van der Waals surface area contributed by atoms with Crippen LogP contribution >= 0.6 is 15.9 Å². The van der Waals surface area contributed by atoms with Gasteiger partial charge in [-0.25, -0.2) is 0 Å². The zero-order valence-electron chi connectivity index (χ0n) is 14.2. The standard InChI is InChI=1S/C19H25BrN2O2/c1-13-8-9-16(15(20)12-13)22-18(24)19(10-11-19)17(23)21-14-6-4-2-3-5-7-14/h8-9,12,14H,2-7,10-11H2,1H3,(H,21,23)(H,22,24). The summed E-state index contributed by atoms with van der Waals surface area (Å²) in [6.45, 7) is 2.00. The van der Waals surface area contributed by atoms with E-state index in [-0.39, 0.29) is 17.9 Å². The van der Waals surface area contributed by atoms with Crippen LogP contribution in [0.4, 0.5) is 5.69 Å². The highest BCUT2D eigenvalue weighted by atomic mass is 79.9. The lowest BCUT2D eigenvalue weighted by Gasteiger charge is -2.21. The van der Waals surface area contributed by atoms with Crippen molar-refractivity contribution >= 4 is 33.4 Å². The van der Waals surface area contributed by atoms with E-state index in [4.69, 9.17) is 0 Å². The molecule has 0 heterocycles. The van der Waals surface area contributed by atoms with Gasteiger partial charge in [0.25, 0.3) is 0 Å². The molecule has 2 fully saturated rings. The third-order valence-electron chi connectivity index (χ3n) is 5.18. The lowest BCUT2D eigenvalue weighted by molar-refractivity contribution is -0.134. The first-order chi connectivity index (χ1) is 11.5. The Morgan fingerprint density at radius 3 is 2.33 bits per heavy atom. The summed E-state index contributed by atoms with van der Waals surface area (Å²) >= 11 is 3.47. The Bertz CT molecular complexity index is 632. The summed E-state index contributed by atoms with van der Waals surface area (Å²) in [6, 6.07) is 6.01. The van der Waals surface area contributed by atoms with Gasteiger partial charge in [-0.15, -0.1) is 0 Å². The number of amides is 2. The summed E-state index contributed by atoms with van der Waals surface area (Å²) in [5.74, 6) is -0.270. The molecule has 0 saturated heterocycles. The number of rotatable bonds is 4. The van der Waals surface area contributed by atoms with Crippen molar-refractivity contribution in [2.75, 3.05) is 5.32 Å². The molecule has 1 aromatic carbocycles. The van der Waals surface area contributed by atoms with Gasteiger partial charge in [-0.3, -0.25) is 9.59 Å². The number of carbonyl (C=O) groups is 2. The molecule has 0 bridgehead atoms. The smallest absolute Gasteiger partial charge is 0.240 e. The first kappa shape index (κ1) is 17.5. The monoisotopic (exact) mass is 392 g/mol. The molecule has 2 saturated carbocycles. The average molecular weight is 393 g/mol. The van der Waals surface area contributed by atoms with Crippen molar-refractivity contribution in [2.45, 2.75) is 64.3 Å². The Balaban J connectivity index is 1.63. The molecule has 3 rings (SSSR count). The van der Waals surface area contributed by atoms with Crippen molar-refractivity contribution < 1.29 is 9.59 Å². The van der Waals surface area contributed by atoms with Crippen LogP contribution in [0.1, 0.15) is 56.9 Å². The van der Waals surface area contributed by atoms with E-state index in [1.54, 1.807) is 0 Å². The minimum atomic E-state index is -0.864. The highest BCUT2D eigenvalue weighted by Gasteiger charge is 2.56. The molecule has 130 valence electrons. The van der Waals surface area contributed by atoms with E-state index in [9.17, 15) is 9.59 Å². The number of halogens is 1. The van der Waals surface area contributed by atoms with Gasteiger partial charge in [0, 0.05) is 10.5 Å². The van der Waals surface area contributed by atoms with Crippen LogP contribution in [0.15, 0.2) is 22.7 Å². The minimum Gasteiger partial charge on any atom is -0.352 e. The third kappa shape index (κ3) is 3.82. The highest BCUT2D eigenvalue weighted by Crippen LogP contribution is 2.47.